The van der Waals surface area contributed by atoms with E-state index in [9.17, 15) is 9.59 Å². The molecule has 0 saturated heterocycles. The fourth-order valence-electron chi connectivity index (χ4n) is 2.33. The first-order valence-electron chi connectivity index (χ1n) is 7.87. The summed E-state index contributed by atoms with van der Waals surface area (Å²) in [6, 6.07) is 0. The molecule has 1 unspecified atom stereocenters. The van der Waals surface area contributed by atoms with Crippen molar-refractivity contribution in [1.82, 2.24) is 0 Å². The molecule has 0 fully saturated rings. The van der Waals surface area contributed by atoms with Crippen LogP contribution in [0.3, 0.4) is 0 Å². The first-order chi connectivity index (χ1) is 8.78. The predicted molar refractivity (Wildman–Crippen MR) is 85.7 cm³/mol. The molecule has 118 valence electrons. The third-order valence-corrected chi connectivity index (χ3v) is 3.81. The molecule has 0 aromatic carbocycles. The maximum absolute atomic E-state index is 12.7. The Morgan fingerprint density at radius 3 is 1.35 bits per heavy atom. The van der Waals surface area contributed by atoms with E-state index in [1.165, 1.54) is 0 Å². The number of rotatable bonds is 6. The molecule has 0 heterocycles. The van der Waals surface area contributed by atoms with Crippen LogP contribution in [-0.4, -0.2) is 11.6 Å². The Labute approximate surface area is 125 Å². The lowest BCUT2D eigenvalue weighted by atomic mass is 9.69. The highest BCUT2D eigenvalue weighted by Gasteiger charge is 2.41. The van der Waals surface area contributed by atoms with E-state index in [4.69, 9.17) is 0 Å². The molecule has 0 N–H and O–H groups in total. The van der Waals surface area contributed by atoms with Gasteiger partial charge in [-0.15, -0.1) is 0 Å². The van der Waals surface area contributed by atoms with Gasteiger partial charge in [0.25, 0.3) is 0 Å². The molecule has 1 atom stereocenters. The molecule has 2 nitrogen and oxygen atoms in total. The van der Waals surface area contributed by atoms with Gasteiger partial charge in [0.1, 0.15) is 11.6 Å². The van der Waals surface area contributed by atoms with Gasteiger partial charge in [0, 0.05) is 10.8 Å². The second kappa shape index (κ2) is 6.87. The summed E-state index contributed by atoms with van der Waals surface area (Å²) in [6.45, 7) is 17.9. The van der Waals surface area contributed by atoms with E-state index in [-0.39, 0.29) is 17.5 Å². The Kier molecular flexibility index (Phi) is 6.64. The standard InChI is InChI=1S/C18H34O2/c1-12(2)10-11-13(3)14(15(19)17(4,5)6)16(20)18(7,8)9/h12-14H,10-11H2,1-9H3. The Morgan fingerprint density at radius 2 is 1.10 bits per heavy atom. The molecule has 2 heteroatoms. The molecule has 0 rings (SSSR count). The SMILES string of the molecule is CC(C)CCC(C)C(C(=O)C(C)(C)C)C(=O)C(C)(C)C. The van der Waals surface area contributed by atoms with Crippen molar-refractivity contribution in [3.8, 4) is 0 Å². The summed E-state index contributed by atoms with van der Waals surface area (Å²) in [5.74, 6) is 0.444. The molecule has 0 amide bonds. The molecule has 0 aliphatic heterocycles. The normalized spacial score (nSPS) is 14.8. The van der Waals surface area contributed by atoms with E-state index < -0.39 is 16.7 Å². The monoisotopic (exact) mass is 282 g/mol. The van der Waals surface area contributed by atoms with Crippen molar-refractivity contribution < 1.29 is 9.59 Å². The molecule has 0 spiro atoms. The minimum absolute atomic E-state index is 0.0914. The summed E-state index contributed by atoms with van der Waals surface area (Å²) in [6.07, 6.45) is 2.00. The highest BCUT2D eigenvalue weighted by Crippen LogP contribution is 2.34. The molecule has 20 heavy (non-hydrogen) atoms. The smallest absolute Gasteiger partial charge is 0.148 e. The molecule has 0 aliphatic carbocycles. The highest BCUT2D eigenvalue weighted by atomic mass is 16.2. The summed E-state index contributed by atoms with van der Waals surface area (Å²) in [5, 5.41) is 0. The Bertz CT molecular complexity index is 313. The van der Waals surface area contributed by atoms with Gasteiger partial charge in [-0.1, -0.05) is 68.7 Å². The fourth-order valence-corrected chi connectivity index (χ4v) is 2.33. The van der Waals surface area contributed by atoms with Gasteiger partial charge in [-0.3, -0.25) is 9.59 Å². The average Bonchev–Trinajstić information content (AvgIpc) is 2.23. The van der Waals surface area contributed by atoms with Crippen LogP contribution in [0.5, 0.6) is 0 Å². The van der Waals surface area contributed by atoms with Crippen LogP contribution in [0.15, 0.2) is 0 Å². The number of Topliss-reactive ketones (excluding diaryl/α,β-unsaturated/α-hetero) is 2. The van der Waals surface area contributed by atoms with Crippen LogP contribution < -0.4 is 0 Å². The van der Waals surface area contributed by atoms with Crippen LogP contribution in [-0.2, 0) is 9.59 Å². The zero-order valence-corrected chi connectivity index (χ0v) is 15.0. The van der Waals surface area contributed by atoms with E-state index in [1.807, 2.05) is 41.5 Å². The zero-order valence-electron chi connectivity index (χ0n) is 15.0. The Morgan fingerprint density at radius 1 is 0.750 bits per heavy atom. The largest absolute Gasteiger partial charge is 0.298 e. The minimum atomic E-state index is -0.464. The molecule has 0 bridgehead atoms. The number of carbonyl (C=O) groups is 2. The molecule has 0 saturated carbocycles. The van der Waals surface area contributed by atoms with Crippen LogP contribution >= 0.6 is 0 Å². The third kappa shape index (κ3) is 5.76. The van der Waals surface area contributed by atoms with Crippen molar-refractivity contribution in [2.45, 2.75) is 75.2 Å². The zero-order chi connectivity index (χ0) is 16.3. The van der Waals surface area contributed by atoms with Crippen LogP contribution in [0.25, 0.3) is 0 Å². The minimum Gasteiger partial charge on any atom is -0.298 e. The van der Waals surface area contributed by atoms with Crippen molar-refractivity contribution in [2.75, 3.05) is 0 Å². The summed E-state index contributed by atoms with van der Waals surface area (Å²) in [5.41, 5.74) is -0.921. The highest BCUT2D eigenvalue weighted by molar-refractivity contribution is 6.06. The van der Waals surface area contributed by atoms with Gasteiger partial charge in [0.15, 0.2) is 0 Å². The molecular formula is C18H34O2. The topological polar surface area (TPSA) is 34.1 Å². The molecule has 0 radical (unpaired) electrons. The summed E-state index contributed by atoms with van der Waals surface area (Å²) < 4.78 is 0. The Hall–Kier alpha value is -0.660. The van der Waals surface area contributed by atoms with Gasteiger partial charge in [0.05, 0.1) is 5.92 Å². The lowest BCUT2D eigenvalue weighted by molar-refractivity contribution is -0.144. The van der Waals surface area contributed by atoms with Gasteiger partial charge in [0.2, 0.25) is 0 Å². The lowest BCUT2D eigenvalue weighted by Gasteiger charge is -2.32. The van der Waals surface area contributed by atoms with E-state index in [1.54, 1.807) is 0 Å². The van der Waals surface area contributed by atoms with Gasteiger partial charge >= 0.3 is 0 Å². The maximum atomic E-state index is 12.7. The lowest BCUT2D eigenvalue weighted by Crippen LogP contribution is -2.42. The quantitative estimate of drug-likeness (QED) is 0.649. The third-order valence-electron chi connectivity index (χ3n) is 3.81. The van der Waals surface area contributed by atoms with Crippen molar-refractivity contribution in [3.63, 3.8) is 0 Å². The van der Waals surface area contributed by atoms with Crippen molar-refractivity contribution in [3.05, 3.63) is 0 Å². The van der Waals surface area contributed by atoms with E-state index >= 15 is 0 Å². The number of hydrogen-bond acceptors (Lipinski definition) is 2. The molecule has 0 aromatic rings. The van der Waals surface area contributed by atoms with Crippen LogP contribution in [0.2, 0.25) is 0 Å². The summed E-state index contributed by atoms with van der Waals surface area (Å²) >= 11 is 0. The van der Waals surface area contributed by atoms with Crippen molar-refractivity contribution in [2.24, 2.45) is 28.6 Å². The van der Waals surface area contributed by atoms with Gasteiger partial charge in [-0.25, -0.2) is 0 Å². The Balaban J connectivity index is 5.28. The van der Waals surface area contributed by atoms with E-state index in [0.717, 1.165) is 12.8 Å². The predicted octanol–water partition coefficient (Wildman–Crippen LogP) is 4.91. The first-order valence-corrected chi connectivity index (χ1v) is 7.87. The van der Waals surface area contributed by atoms with E-state index in [0.29, 0.717) is 5.92 Å². The van der Waals surface area contributed by atoms with Crippen LogP contribution in [0.1, 0.15) is 75.2 Å². The van der Waals surface area contributed by atoms with Crippen molar-refractivity contribution in [1.29, 1.82) is 0 Å². The maximum Gasteiger partial charge on any atom is 0.148 e. The van der Waals surface area contributed by atoms with Gasteiger partial charge in [-0.05, 0) is 18.3 Å². The second-order valence-corrected chi connectivity index (χ2v) is 8.65. The molecule has 0 aliphatic rings. The summed E-state index contributed by atoms with van der Waals surface area (Å²) in [4.78, 5) is 25.4. The second-order valence-electron chi connectivity index (χ2n) is 8.65. The number of ketones is 2. The van der Waals surface area contributed by atoms with Crippen LogP contribution in [0, 0.1) is 28.6 Å². The van der Waals surface area contributed by atoms with E-state index in [2.05, 4.69) is 20.8 Å². The van der Waals surface area contributed by atoms with Crippen molar-refractivity contribution >= 4 is 11.6 Å². The molecular weight excluding hydrogens is 248 g/mol. The number of carbonyl (C=O) groups excluding carboxylic acids is 2. The summed E-state index contributed by atoms with van der Waals surface area (Å²) in [7, 11) is 0. The van der Waals surface area contributed by atoms with Crippen LogP contribution in [0.4, 0.5) is 0 Å². The van der Waals surface area contributed by atoms with Gasteiger partial charge < -0.3 is 0 Å². The first kappa shape index (κ1) is 19.3. The average molecular weight is 282 g/mol. The number of hydrogen-bond donors (Lipinski definition) is 0. The molecule has 0 aromatic heterocycles. The fraction of sp³-hybridized carbons (Fsp3) is 0.889. The van der Waals surface area contributed by atoms with Gasteiger partial charge in [-0.2, -0.15) is 0 Å².